The number of piperidine rings is 1. The van der Waals surface area contributed by atoms with Gasteiger partial charge >= 0.3 is 6.03 Å². The summed E-state index contributed by atoms with van der Waals surface area (Å²) in [6.45, 7) is 3.78. The number of para-hydroxylation sites is 1. The molecule has 0 saturated carbocycles. The summed E-state index contributed by atoms with van der Waals surface area (Å²) >= 11 is 0. The molecule has 1 aliphatic rings. The number of aryl methyl sites for hydroxylation is 1. The van der Waals surface area contributed by atoms with Gasteiger partial charge < -0.3 is 15.5 Å². The average molecular weight is 351 g/mol. The molecule has 0 unspecified atom stereocenters. The monoisotopic (exact) mass is 351 g/mol. The van der Waals surface area contributed by atoms with E-state index >= 15 is 0 Å². The predicted octanol–water partition coefficient (Wildman–Crippen LogP) is 3.56. The Morgan fingerprint density at radius 1 is 1.00 bits per heavy atom. The zero-order valence-corrected chi connectivity index (χ0v) is 15.1. The van der Waals surface area contributed by atoms with E-state index in [-0.39, 0.29) is 17.9 Å². The Morgan fingerprint density at radius 3 is 2.35 bits per heavy atom. The number of likely N-dealkylation sites (tertiary alicyclic amines) is 1. The molecule has 0 radical (unpaired) electrons. The molecule has 0 spiro atoms. The Hall–Kier alpha value is -2.82. The fourth-order valence-electron chi connectivity index (χ4n) is 3.20. The number of hydrogen-bond donors (Lipinski definition) is 2. The lowest BCUT2D eigenvalue weighted by atomic mass is 9.96. The van der Waals surface area contributed by atoms with Crippen molar-refractivity contribution in [3.63, 3.8) is 0 Å². The summed E-state index contributed by atoms with van der Waals surface area (Å²) in [7, 11) is 0. The maximum absolute atomic E-state index is 12.4. The van der Waals surface area contributed by atoms with Crippen LogP contribution in [0.3, 0.4) is 0 Å². The second kappa shape index (κ2) is 8.52. The first-order chi connectivity index (χ1) is 12.6. The lowest BCUT2D eigenvalue weighted by Gasteiger charge is -2.31. The normalized spacial score (nSPS) is 14.7. The number of carbonyl (C=O) groups is 2. The molecular weight excluding hydrogens is 326 g/mol. The number of carbonyl (C=O) groups excluding carboxylic acids is 2. The maximum Gasteiger partial charge on any atom is 0.317 e. The quantitative estimate of drug-likeness (QED) is 0.885. The Labute approximate surface area is 154 Å². The molecule has 0 aliphatic carbocycles. The molecule has 1 heterocycles. The second-order valence-corrected chi connectivity index (χ2v) is 6.70. The summed E-state index contributed by atoms with van der Waals surface area (Å²) in [4.78, 5) is 26.5. The van der Waals surface area contributed by atoms with Gasteiger partial charge in [0.15, 0.2) is 0 Å². The number of hydrogen-bond acceptors (Lipinski definition) is 2. The standard InChI is InChI=1S/C21H25N3O2/c1-16-7-5-6-8-18(16)15-22-21(26)24-13-11-17(12-14-24)20(25)23-19-9-3-2-4-10-19/h2-10,17H,11-15H2,1H3,(H,22,26)(H,23,25). The number of amides is 3. The third-order valence-corrected chi connectivity index (χ3v) is 4.89. The van der Waals surface area contributed by atoms with E-state index in [4.69, 9.17) is 0 Å². The van der Waals surface area contributed by atoms with Gasteiger partial charge in [0.2, 0.25) is 5.91 Å². The van der Waals surface area contributed by atoms with Gasteiger partial charge in [0, 0.05) is 31.2 Å². The molecule has 5 nitrogen and oxygen atoms in total. The summed E-state index contributed by atoms with van der Waals surface area (Å²) in [5.74, 6) is -0.00760. The first kappa shape index (κ1) is 18.0. The molecule has 2 aromatic rings. The van der Waals surface area contributed by atoms with Crippen molar-refractivity contribution >= 4 is 17.6 Å². The number of urea groups is 1. The van der Waals surface area contributed by atoms with E-state index in [0.717, 1.165) is 11.3 Å². The lowest BCUT2D eigenvalue weighted by molar-refractivity contribution is -0.121. The van der Waals surface area contributed by atoms with Crippen LogP contribution in [0.2, 0.25) is 0 Å². The predicted molar refractivity (Wildman–Crippen MR) is 103 cm³/mol. The topological polar surface area (TPSA) is 61.4 Å². The van der Waals surface area contributed by atoms with Crippen molar-refractivity contribution in [1.82, 2.24) is 10.2 Å². The molecule has 3 amide bonds. The Morgan fingerprint density at radius 2 is 1.65 bits per heavy atom. The highest BCUT2D eigenvalue weighted by Crippen LogP contribution is 2.19. The fourth-order valence-corrected chi connectivity index (χ4v) is 3.20. The zero-order valence-electron chi connectivity index (χ0n) is 15.1. The van der Waals surface area contributed by atoms with Crippen LogP contribution in [-0.2, 0) is 11.3 Å². The number of benzene rings is 2. The number of rotatable bonds is 4. The number of anilines is 1. The van der Waals surface area contributed by atoms with Crippen LogP contribution in [0.25, 0.3) is 0 Å². The van der Waals surface area contributed by atoms with Gasteiger partial charge in [-0.15, -0.1) is 0 Å². The van der Waals surface area contributed by atoms with E-state index < -0.39 is 0 Å². The van der Waals surface area contributed by atoms with Crippen molar-refractivity contribution in [1.29, 1.82) is 0 Å². The number of nitrogens with zero attached hydrogens (tertiary/aromatic N) is 1. The van der Waals surface area contributed by atoms with Gasteiger partial charge in [0.05, 0.1) is 0 Å². The van der Waals surface area contributed by atoms with Crippen molar-refractivity contribution < 1.29 is 9.59 Å². The molecule has 1 saturated heterocycles. The number of nitrogens with one attached hydrogen (secondary N) is 2. The fraction of sp³-hybridized carbons (Fsp3) is 0.333. The molecule has 26 heavy (non-hydrogen) atoms. The molecule has 2 N–H and O–H groups in total. The van der Waals surface area contributed by atoms with Crippen LogP contribution in [0.1, 0.15) is 24.0 Å². The minimum Gasteiger partial charge on any atom is -0.334 e. The van der Waals surface area contributed by atoms with E-state index in [2.05, 4.69) is 10.6 Å². The molecule has 3 rings (SSSR count). The van der Waals surface area contributed by atoms with Crippen molar-refractivity contribution in [2.45, 2.75) is 26.3 Å². The molecule has 1 aliphatic heterocycles. The SMILES string of the molecule is Cc1ccccc1CNC(=O)N1CCC(C(=O)Nc2ccccc2)CC1. The highest BCUT2D eigenvalue weighted by molar-refractivity contribution is 5.92. The van der Waals surface area contributed by atoms with Crippen molar-refractivity contribution in [2.75, 3.05) is 18.4 Å². The van der Waals surface area contributed by atoms with Gasteiger partial charge in [-0.2, -0.15) is 0 Å². The third kappa shape index (κ3) is 4.63. The van der Waals surface area contributed by atoms with Gasteiger partial charge in [0.1, 0.15) is 0 Å². The van der Waals surface area contributed by atoms with Crippen LogP contribution in [0.4, 0.5) is 10.5 Å². The highest BCUT2D eigenvalue weighted by atomic mass is 16.2. The first-order valence-electron chi connectivity index (χ1n) is 9.06. The van der Waals surface area contributed by atoms with Gasteiger partial charge in [-0.25, -0.2) is 4.79 Å². The van der Waals surface area contributed by atoms with E-state index in [9.17, 15) is 9.59 Å². The van der Waals surface area contributed by atoms with E-state index in [1.54, 1.807) is 4.90 Å². The van der Waals surface area contributed by atoms with Crippen LogP contribution in [0.15, 0.2) is 54.6 Å². The molecular formula is C21H25N3O2. The lowest BCUT2D eigenvalue weighted by Crippen LogP contribution is -2.45. The average Bonchev–Trinajstić information content (AvgIpc) is 2.68. The second-order valence-electron chi connectivity index (χ2n) is 6.70. The van der Waals surface area contributed by atoms with Gasteiger partial charge in [0.25, 0.3) is 0 Å². The molecule has 5 heteroatoms. The van der Waals surface area contributed by atoms with Crippen LogP contribution in [0.5, 0.6) is 0 Å². The largest absolute Gasteiger partial charge is 0.334 e. The summed E-state index contributed by atoms with van der Waals surface area (Å²) in [6, 6.07) is 17.5. The molecule has 136 valence electrons. The van der Waals surface area contributed by atoms with Crippen LogP contribution >= 0.6 is 0 Å². The van der Waals surface area contributed by atoms with E-state index in [0.29, 0.717) is 32.5 Å². The summed E-state index contributed by atoms with van der Waals surface area (Å²) in [6.07, 6.45) is 1.38. The Balaban J connectivity index is 1.45. The van der Waals surface area contributed by atoms with Crippen LogP contribution < -0.4 is 10.6 Å². The van der Waals surface area contributed by atoms with Crippen molar-refractivity contribution in [2.24, 2.45) is 5.92 Å². The summed E-state index contributed by atoms with van der Waals surface area (Å²) < 4.78 is 0. The molecule has 1 fully saturated rings. The maximum atomic E-state index is 12.4. The molecule has 0 atom stereocenters. The van der Waals surface area contributed by atoms with Gasteiger partial charge in [-0.3, -0.25) is 4.79 Å². The van der Waals surface area contributed by atoms with Crippen molar-refractivity contribution in [3.05, 3.63) is 65.7 Å². The third-order valence-electron chi connectivity index (χ3n) is 4.89. The minimum absolute atomic E-state index is 0.0381. The van der Waals surface area contributed by atoms with Gasteiger partial charge in [-0.05, 0) is 43.0 Å². The first-order valence-corrected chi connectivity index (χ1v) is 9.06. The molecule has 2 aromatic carbocycles. The van der Waals surface area contributed by atoms with Crippen LogP contribution in [0, 0.1) is 12.8 Å². The van der Waals surface area contributed by atoms with E-state index in [1.807, 2.05) is 61.5 Å². The van der Waals surface area contributed by atoms with E-state index in [1.165, 1.54) is 5.56 Å². The van der Waals surface area contributed by atoms with Crippen LogP contribution in [-0.4, -0.2) is 29.9 Å². The van der Waals surface area contributed by atoms with Gasteiger partial charge in [-0.1, -0.05) is 42.5 Å². The smallest absolute Gasteiger partial charge is 0.317 e. The summed E-state index contributed by atoms with van der Waals surface area (Å²) in [5, 5.41) is 5.93. The minimum atomic E-state index is -0.0600. The molecule has 0 bridgehead atoms. The zero-order chi connectivity index (χ0) is 18.4. The van der Waals surface area contributed by atoms with Crippen molar-refractivity contribution in [3.8, 4) is 0 Å². The molecule has 0 aromatic heterocycles. The summed E-state index contributed by atoms with van der Waals surface area (Å²) in [5.41, 5.74) is 3.11. The Bertz CT molecular complexity index is 753. The highest BCUT2D eigenvalue weighted by Gasteiger charge is 2.27. The Kier molecular flexibility index (Phi) is 5.89.